The van der Waals surface area contributed by atoms with E-state index in [0.29, 0.717) is 0 Å². The summed E-state index contributed by atoms with van der Waals surface area (Å²) in [6, 6.07) is 19.1. The fourth-order valence-corrected chi connectivity index (χ4v) is 3.45. The van der Waals surface area contributed by atoms with Gasteiger partial charge in [-0.2, -0.15) is 0 Å². The molecule has 21 heavy (non-hydrogen) atoms. The van der Waals surface area contributed by atoms with Crippen LogP contribution in [0.2, 0.25) is 0 Å². The van der Waals surface area contributed by atoms with E-state index in [1.807, 2.05) is 18.2 Å². The molecule has 2 nitrogen and oxygen atoms in total. The molecule has 0 amide bonds. The van der Waals surface area contributed by atoms with Crippen molar-refractivity contribution < 1.29 is 5.11 Å². The third-order valence-corrected chi connectivity index (χ3v) is 4.55. The lowest BCUT2D eigenvalue weighted by atomic mass is 9.84. The van der Waals surface area contributed by atoms with Gasteiger partial charge in [0.15, 0.2) is 0 Å². The van der Waals surface area contributed by atoms with Crippen molar-refractivity contribution in [1.29, 1.82) is 0 Å². The van der Waals surface area contributed by atoms with Crippen molar-refractivity contribution >= 4 is 0 Å². The summed E-state index contributed by atoms with van der Waals surface area (Å²) in [4.78, 5) is 0. The third kappa shape index (κ3) is 2.74. The van der Waals surface area contributed by atoms with Gasteiger partial charge in [-0.15, -0.1) is 0 Å². The maximum atomic E-state index is 9.80. The second-order valence-corrected chi connectivity index (χ2v) is 6.61. The molecule has 0 aromatic heterocycles. The Morgan fingerprint density at radius 1 is 1.10 bits per heavy atom. The molecule has 0 fully saturated rings. The van der Waals surface area contributed by atoms with Crippen LogP contribution in [0.25, 0.3) is 0 Å². The van der Waals surface area contributed by atoms with Gasteiger partial charge >= 0.3 is 0 Å². The monoisotopic (exact) mass is 281 g/mol. The Morgan fingerprint density at radius 3 is 2.48 bits per heavy atom. The highest BCUT2D eigenvalue weighted by atomic mass is 16.3. The van der Waals surface area contributed by atoms with Gasteiger partial charge in [-0.25, -0.2) is 0 Å². The first-order chi connectivity index (χ1) is 10.1. The number of fused-ring (bicyclic) bond motifs is 1. The minimum atomic E-state index is -0.0263. The Balaban J connectivity index is 1.89. The van der Waals surface area contributed by atoms with Crippen molar-refractivity contribution in [2.75, 3.05) is 6.61 Å². The van der Waals surface area contributed by atoms with Crippen molar-refractivity contribution in [3.05, 3.63) is 71.3 Å². The van der Waals surface area contributed by atoms with Gasteiger partial charge in [0, 0.05) is 6.04 Å². The molecule has 1 unspecified atom stereocenters. The predicted molar refractivity (Wildman–Crippen MR) is 86.1 cm³/mol. The van der Waals surface area contributed by atoms with Gasteiger partial charge < -0.3 is 10.4 Å². The highest BCUT2D eigenvalue weighted by molar-refractivity contribution is 5.38. The maximum absolute atomic E-state index is 9.80. The van der Waals surface area contributed by atoms with Crippen molar-refractivity contribution in [1.82, 2.24) is 5.32 Å². The number of hydrogen-bond donors (Lipinski definition) is 2. The van der Waals surface area contributed by atoms with Crippen molar-refractivity contribution in [3.63, 3.8) is 0 Å². The molecule has 110 valence electrons. The smallest absolute Gasteiger partial charge is 0.0626 e. The molecule has 2 heteroatoms. The minimum absolute atomic E-state index is 0.0263. The Morgan fingerprint density at radius 2 is 1.76 bits per heavy atom. The van der Waals surface area contributed by atoms with Gasteiger partial charge in [0.1, 0.15) is 0 Å². The quantitative estimate of drug-likeness (QED) is 0.897. The molecule has 0 bridgehead atoms. The summed E-state index contributed by atoms with van der Waals surface area (Å²) < 4.78 is 0. The number of aliphatic hydroxyl groups excluding tert-OH is 1. The van der Waals surface area contributed by atoms with Crippen LogP contribution in [0, 0.1) is 5.41 Å². The van der Waals surface area contributed by atoms with E-state index in [0.717, 1.165) is 12.0 Å². The number of aliphatic hydroxyl groups is 1. The summed E-state index contributed by atoms with van der Waals surface area (Å²) >= 11 is 0. The van der Waals surface area contributed by atoms with Crippen LogP contribution in [0.15, 0.2) is 54.6 Å². The van der Waals surface area contributed by atoms with Crippen LogP contribution < -0.4 is 5.32 Å². The average Bonchev–Trinajstić information content (AvgIpc) is 2.75. The summed E-state index contributed by atoms with van der Waals surface area (Å²) in [5.41, 5.74) is 4.09. The van der Waals surface area contributed by atoms with Gasteiger partial charge in [0.2, 0.25) is 0 Å². The zero-order chi connectivity index (χ0) is 14.9. The van der Waals surface area contributed by atoms with Crippen LogP contribution in [-0.4, -0.2) is 11.7 Å². The van der Waals surface area contributed by atoms with E-state index < -0.39 is 0 Å². The molecule has 0 heterocycles. The lowest BCUT2D eigenvalue weighted by Gasteiger charge is -2.32. The van der Waals surface area contributed by atoms with Crippen molar-refractivity contribution in [2.45, 2.75) is 32.4 Å². The van der Waals surface area contributed by atoms with Crippen LogP contribution in [0.3, 0.4) is 0 Å². The summed E-state index contributed by atoms with van der Waals surface area (Å²) in [6.07, 6.45) is 1.08. The summed E-state index contributed by atoms with van der Waals surface area (Å²) in [5.74, 6) is 0. The zero-order valence-electron chi connectivity index (χ0n) is 12.7. The van der Waals surface area contributed by atoms with Gasteiger partial charge in [0.05, 0.1) is 12.6 Å². The number of rotatable bonds is 4. The van der Waals surface area contributed by atoms with Crippen molar-refractivity contribution in [2.24, 2.45) is 5.41 Å². The van der Waals surface area contributed by atoms with Crippen LogP contribution in [0.5, 0.6) is 0 Å². The average molecular weight is 281 g/mol. The van der Waals surface area contributed by atoms with Crippen LogP contribution in [-0.2, 0) is 6.42 Å². The molecule has 2 N–H and O–H groups in total. The van der Waals surface area contributed by atoms with Gasteiger partial charge in [-0.1, -0.05) is 68.4 Å². The largest absolute Gasteiger partial charge is 0.394 e. The van der Waals surface area contributed by atoms with Gasteiger partial charge in [0.25, 0.3) is 0 Å². The zero-order valence-corrected chi connectivity index (χ0v) is 12.7. The summed E-state index contributed by atoms with van der Waals surface area (Å²) in [5, 5.41) is 13.5. The van der Waals surface area contributed by atoms with Crippen LogP contribution in [0.4, 0.5) is 0 Å². The Labute approximate surface area is 126 Å². The van der Waals surface area contributed by atoms with Crippen molar-refractivity contribution in [3.8, 4) is 0 Å². The topological polar surface area (TPSA) is 32.3 Å². The van der Waals surface area contributed by atoms with Gasteiger partial charge in [-0.3, -0.25) is 0 Å². The lowest BCUT2D eigenvalue weighted by molar-refractivity contribution is 0.191. The Kier molecular flexibility index (Phi) is 3.83. The molecular formula is C19H23NO. The fraction of sp³-hybridized carbons (Fsp3) is 0.368. The molecule has 2 atom stereocenters. The highest BCUT2D eigenvalue weighted by Crippen LogP contribution is 2.45. The van der Waals surface area contributed by atoms with E-state index in [1.54, 1.807) is 0 Å². The highest BCUT2D eigenvalue weighted by Gasteiger charge is 2.39. The predicted octanol–water partition coefficient (Wildman–Crippen LogP) is 3.63. The third-order valence-electron chi connectivity index (χ3n) is 4.55. The lowest BCUT2D eigenvalue weighted by Crippen LogP contribution is -2.35. The molecule has 0 saturated heterocycles. The van der Waals surface area contributed by atoms with E-state index in [1.165, 1.54) is 11.1 Å². The molecule has 1 aliphatic rings. The van der Waals surface area contributed by atoms with Gasteiger partial charge in [-0.05, 0) is 28.5 Å². The molecule has 0 saturated carbocycles. The number of benzene rings is 2. The first-order valence-corrected chi connectivity index (χ1v) is 7.61. The Hall–Kier alpha value is -1.64. The van der Waals surface area contributed by atoms with E-state index in [-0.39, 0.29) is 24.1 Å². The summed E-state index contributed by atoms with van der Waals surface area (Å²) in [6.45, 7) is 4.70. The molecule has 0 radical (unpaired) electrons. The first kappa shape index (κ1) is 14.3. The SMILES string of the molecule is CC1(C)Cc2ccccc2C1N[C@@H](CO)c1ccccc1. The van der Waals surface area contributed by atoms with E-state index in [9.17, 15) is 5.11 Å². The molecular weight excluding hydrogens is 258 g/mol. The Bertz CT molecular complexity index is 606. The van der Waals surface area contributed by atoms with E-state index >= 15 is 0 Å². The minimum Gasteiger partial charge on any atom is -0.394 e. The fourth-order valence-electron chi connectivity index (χ4n) is 3.45. The second-order valence-electron chi connectivity index (χ2n) is 6.61. The van der Waals surface area contributed by atoms with E-state index in [4.69, 9.17) is 0 Å². The molecule has 3 rings (SSSR count). The van der Waals surface area contributed by atoms with E-state index in [2.05, 4.69) is 55.6 Å². The normalized spacial score (nSPS) is 21.0. The number of nitrogens with one attached hydrogen (secondary N) is 1. The molecule has 0 spiro atoms. The first-order valence-electron chi connectivity index (χ1n) is 7.61. The maximum Gasteiger partial charge on any atom is 0.0626 e. The molecule has 0 aliphatic heterocycles. The molecule has 2 aromatic rings. The second kappa shape index (κ2) is 5.63. The molecule has 1 aliphatic carbocycles. The standard InChI is InChI=1S/C19H23NO/c1-19(2)12-15-10-6-7-11-16(15)18(19)20-17(13-21)14-8-4-3-5-9-14/h3-11,17-18,20-21H,12-13H2,1-2H3/t17-,18?/m0/s1. The van der Waals surface area contributed by atoms with Crippen LogP contribution >= 0.6 is 0 Å². The molecule has 2 aromatic carbocycles. The summed E-state index contributed by atoms with van der Waals surface area (Å²) in [7, 11) is 0. The number of hydrogen-bond acceptors (Lipinski definition) is 2. The van der Waals surface area contributed by atoms with Crippen LogP contribution in [0.1, 0.15) is 42.6 Å².